The number of rotatable bonds is 6. The molecule has 2 atom stereocenters. The SMILES string of the molecule is CC[C@H](C)[C@@H](C(=O)OCc1cc(=O)n2c3c(sc2n1)CCCC3)c1ccccc1. The second kappa shape index (κ2) is 8.49. The van der Waals surface area contributed by atoms with Crippen LogP contribution >= 0.6 is 11.3 Å². The van der Waals surface area contributed by atoms with Crippen molar-refractivity contribution in [2.45, 2.75) is 58.5 Å². The quantitative estimate of drug-likeness (QED) is 0.561. The van der Waals surface area contributed by atoms with Crippen LogP contribution < -0.4 is 5.56 Å². The summed E-state index contributed by atoms with van der Waals surface area (Å²) in [5.41, 5.74) is 2.50. The van der Waals surface area contributed by atoms with Gasteiger partial charge in [0.15, 0.2) is 4.96 Å². The molecule has 152 valence electrons. The zero-order valence-electron chi connectivity index (χ0n) is 16.9. The molecule has 4 rings (SSSR count). The van der Waals surface area contributed by atoms with Crippen LogP contribution in [0.3, 0.4) is 0 Å². The summed E-state index contributed by atoms with van der Waals surface area (Å²) in [6.07, 6.45) is 5.09. The maximum atomic E-state index is 12.9. The number of aryl methyl sites for hydroxylation is 2. The van der Waals surface area contributed by atoms with Crippen LogP contribution in [0.15, 0.2) is 41.2 Å². The number of nitrogens with zero attached hydrogens (tertiary/aromatic N) is 2. The molecule has 0 bridgehead atoms. The summed E-state index contributed by atoms with van der Waals surface area (Å²) in [5.74, 6) is -0.423. The zero-order chi connectivity index (χ0) is 20.4. The average molecular weight is 411 g/mol. The second-order valence-corrected chi connectivity index (χ2v) is 8.83. The van der Waals surface area contributed by atoms with Gasteiger partial charge in [-0.15, -0.1) is 11.3 Å². The first-order valence-corrected chi connectivity index (χ1v) is 11.1. The number of carbonyl (C=O) groups is 1. The minimum absolute atomic E-state index is 0.0207. The fourth-order valence-electron chi connectivity index (χ4n) is 4.04. The highest BCUT2D eigenvalue weighted by Gasteiger charge is 2.27. The van der Waals surface area contributed by atoms with E-state index in [-0.39, 0.29) is 30.0 Å². The van der Waals surface area contributed by atoms with Crippen LogP contribution in [0.2, 0.25) is 0 Å². The molecule has 0 N–H and O–H groups in total. The fraction of sp³-hybridized carbons (Fsp3) is 0.435. The molecule has 3 aromatic rings. The van der Waals surface area contributed by atoms with Gasteiger partial charge in [-0.2, -0.15) is 0 Å². The molecule has 1 aromatic carbocycles. The van der Waals surface area contributed by atoms with Crippen LogP contribution in [0.5, 0.6) is 0 Å². The molecule has 0 fully saturated rings. The number of carbonyl (C=O) groups excluding carboxylic acids is 1. The van der Waals surface area contributed by atoms with Gasteiger partial charge in [0.2, 0.25) is 0 Å². The number of aromatic nitrogens is 2. The predicted octanol–water partition coefficient (Wildman–Crippen LogP) is 4.51. The maximum absolute atomic E-state index is 12.9. The van der Waals surface area contributed by atoms with Crippen LogP contribution in [-0.4, -0.2) is 15.4 Å². The Morgan fingerprint density at radius 2 is 2.00 bits per heavy atom. The molecule has 0 aliphatic heterocycles. The van der Waals surface area contributed by atoms with Crippen molar-refractivity contribution in [1.82, 2.24) is 9.38 Å². The average Bonchev–Trinajstić information content (AvgIpc) is 3.12. The van der Waals surface area contributed by atoms with Gasteiger partial charge in [0.1, 0.15) is 6.61 Å². The summed E-state index contributed by atoms with van der Waals surface area (Å²) >= 11 is 1.59. The molecular formula is C23H26N2O3S. The van der Waals surface area contributed by atoms with Crippen molar-refractivity contribution in [2.75, 3.05) is 0 Å². The third-order valence-corrected chi connectivity index (χ3v) is 6.95. The topological polar surface area (TPSA) is 60.7 Å². The largest absolute Gasteiger partial charge is 0.459 e. The van der Waals surface area contributed by atoms with E-state index in [0.29, 0.717) is 10.7 Å². The van der Waals surface area contributed by atoms with Crippen molar-refractivity contribution in [3.63, 3.8) is 0 Å². The first-order valence-electron chi connectivity index (χ1n) is 10.3. The lowest BCUT2D eigenvalue weighted by Crippen LogP contribution is -2.23. The van der Waals surface area contributed by atoms with Gasteiger partial charge in [-0.3, -0.25) is 14.0 Å². The second-order valence-electron chi connectivity index (χ2n) is 7.76. The summed E-state index contributed by atoms with van der Waals surface area (Å²) in [4.78, 5) is 32.2. The third-order valence-electron chi connectivity index (χ3n) is 5.80. The molecule has 0 unspecified atom stereocenters. The molecule has 6 heteroatoms. The number of ether oxygens (including phenoxy) is 1. The van der Waals surface area contributed by atoms with Crippen LogP contribution in [0.25, 0.3) is 4.96 Å². The molecule has 0 spiro atoms. The lowest BCUT2D eigenvalue weighted by atomic mass is 9.86. The van der Waals surface area contributed by atoms with Gasteiger partial charge in [0.25, 0.3) is 5.56 Å². The molecular weight excluding hydrogens is 384 g/mol. The molecule has 1 aliphatic rings. The normalized spacial score (nSPS) is 15.7. The Morgan fingerprint density at radius 3 is 2.76 bits per heavy atom. The van der Waals surface area contributed by atoms with E-state index in [9.17, 15) is 9.59 Å². The third kappa shape index (κ3) is 3.99. The first-order chi connectivity index (χ1) is 14.1. The monoisotopic (exact) mass is 410 g/mol. The number of fused-ring (bicyclic) bond motifs is 3. The Bertz CT molecular complexity index is 1070. The van der Waals surface area contributed by atoms with Crippen LogP contribution in [0, 0.1) is 5.92 Å². The number of thiazole rings is 1. The maximum Gasteiger partial charge on any atom is 0.314 e. The molecule has 5 nitrogen and oxygen atoms in total. The van der Waals surface area contributed by atoms with E-state index in [1.807, 2.05) is 30.3 Å². The highest BCUT2D eigenvalue weighted by molar-refractivity contribution is 7.17. The minimum Gasteiger partial charge on any atom is -0.459 e. The van der Waals surface area contributed by atoms with Crippen molar-refractivity contribution in [1.29, 1.82) is 0 Å². The van der Waals surface area contributed by atoms with E-state index in [1.54, 1.807) is 15.7 Å². The van der Waals surface area contributed by atoms with E-state index < -0.39 is 0 Å². The summed E-state index contributed by atoms with van der Waals surface area (Å²) in [6, 6.07) is 11.2. The highest BCUT2D eigenvalue weighted by Crippen LogP contribution is 2.30. The molecule has 0 amide bonds. The number of hydrogen-bond donors (Lipinski definition) is 0. The molecule has 2 heterocycles. The summed E-state index contributed by atoms with van der Waals surface area (Å²) in [6.45, 7) is 4.15. The Labute approximate surface area is 174 Å². The highest BCUT2D eigenvalue weighted by atomic mass is 32.1. The molecule has 2 aromatic heterocycles. The minimum atomic E-state index is -0.319. The van der Waals surface area contributed by atoms with E-state index in [0.717, 1.165) is 43.4 Å². The van der Waals surface area contributed by atoms with Crippen molar-refractivity contribution in [3.8, 4) is 0 Å². The van der Waals surface area contributed by atoms with Gasteiger partial charge in [0.05, 0.1) is 11.6 Å². The number of benzene rings is 1. The van der Waals surface area contributed by atoms with E-state index in [4.69, 9.17) is 4.74 Å². The van der Waals surface area contributed by atoms with Crippen LogP contribution in [0.4, 0.5) is 0 Å². The Kier molecular flexibility index (Phi) is 5.81. The van der Waals surface area contributed by atoms with Crippen LogP contribution in [0.1, 0.15) is 60.9 Å². The molecule has 0 saturated heterocycles. The Hall–Kier alpha value is -2.47. The smallest absolute Gasteiger partial charge is 0.314 e. The van der Waals surface area contributed by atoms with Crippen molar-refractivity contribution in [2.24, 2.45) is 5.92 Å². The summed E-state index contributed by atoms with van der Waals surface area (Å²) < 4.78 is 7.36. The molecule has 29 heavy (non-hydrogen) atoms. The summed E-state index contributed by atoms with van der Waals surface area (Å²) in [7, 11) is 0. The zero-order valence-corrected chi connectivity index (χ0v) is 17.7. The van der Waals surface area contributed by atoms with Crippen molar-refractivity contribution >= 4 is 22.3 Å². The molecule has 1 aliphatic carbocycles. The van der Waals surface area contributed by atoms with Crippen molar-refractivity contribution < 1.29 is 9.53 Å². The molecule has 0 radical (unpaired) electrons. The van der Waals surface area contributed by atoms with Crippen LogP contribution in [-0.2, 0) is 29.0 Å². The standard InChI is InChI=1S/C23H26N2O3S/c1-3-15(2)21(16-9-5-4-6-10-16)22(27)28-14-17-13-20(26)25-18-11-7-8-12-19(18)29-23(25)24-17/h4-6,9-10,13,15,21H,3,7-8,11-12,14H2,1-2H3/t15-,21+/m0/s1. The lowest BCUT2D eigenvalue weighted by Gasteiger charge is -2.21. The van der Waals surface area contributed by atoms with Gasteiger partial charge < -0.3 is 4.74 Å². The fourth-order valence-corrected chi connectivity index (χ4v) is 5.28. The lowest BCUT2D eigenvalue weighted by molar-refractivity contribution is -0.148. The first kappa shape index (κ1) is 19.8. The van der Waals surface area contributed by atoms with Crippen molar-refractivity contribution in [3.05, 3.63) is 68.6 Å². The molecule has 0 saturated carbocycles. The number of hydrogen-bond acceptors (Lipinski definition) is 5. The van der Waals surface area contributed by atoms with Gasteiger partial charge >= 0.3 is 5.97 Å². The van der Waals surface area contributed by atoms with Gasteiger partial charge in [-0.05, 0) is 37.2 Å². The van der Waals surface area contributed by atoms with E-state index >= 15 is 0 Å². The van der Waals surface area contributed by atoms with Gasteiger partial charge in [0, 0.05) is 16.6 Å². The van der Waals surface area contributed by atoms with Gasteiger partial charge in [-0.25, -0.2) is 4.98 Å². The Morgan fingerprint density at radius 1 is 1.24 bits per heavy atom. The van der Waals surface area contributed by atoms with Gasteiger partial charge in [-0.1, -0.05) is 50.6 Å². The Balaban J connectivity index is 1.55. The number of esters is 1. The predicted molar refractivity (Wildman–Crippen MR) is 114 cm³/mol. The van der Waals surface area contributed by atoms with E-state index in [1.165, 1.54) is 10.9 Å². The summed E-state index contributed by atoms with van der Waals surface area (Å²) in [5, 5.41) is 0. The van der Waals surface area contributed by atoms with E-state index in [2.05, 4.69) is 18.8 Å².